The van der Waals surface area contributed by atoms with E-state index in [1.54, 1.807) is 13.8 Å². The molecule has 25 heavy (non-hydrogen) atoms. The zero-order valence-electron chi connectivity index (χ0n) is 15.4. The summed E-state index contributed by atoms with van der Waals surface area (Å²) in [6, 6.07) is 0. The Labute approximate surface area is 148 Å². The molecule has 0 radical (unpaired) electrons. The summed E-state index contributed by atoms with van der Waals surface area (Å²) in [5.74, 6) is -2.89. The maximum Gasteiger partial charge on any atom is 0.334 e. The van der Waals surface area contributed by atoms with Gasteiger partial charge in [-0.25, -0.2) is 4.79 Å². The van der Waals surface area contributed by atoms with Gasteiger partial charge in [-0.3, -0.25) is 4.79 Å². The number of aliphatic hydroxyl groups is 1. The summed E-state index contributed by atoms with van der Waals surface area (Å²) in [4.78, 5) is 24.3. The lowest BCUT2D eigenvalue weighted by molar-refractivity contribution is -0.250. The molecule has 1 N–H and O–H groups in total. The molecule has 6 atom stereocenters. The van der Waals surface area contributed by atoms with E-state index in [0.29, 0.717) is 31.3 Å². The lowest BCUT2D eigenvalue weighted by Gasteiger charge is -2.33. The average Bonchev–Trinajstić information content (AvgIpc) is 2.97. The van der Waals surface area contributed by atoms with Crippen LogP contribution in [0.2, 0.25) is 0 Å². The van der Waals surface area contributed by atoms with Crippen LogP contribution in [0.4, 0.5) is 0 Å². The maximum atomic E-state index is 12.2. The van der Waals surface area contributed by atoms with E-state index in [0.717, 1.165) is 0 Å². The normalized spacial score (nSPS) is 43.9. The molecule has 0 aromatic heterocycles. The standard InChI is InChI=1S/C19H28O6/c1-10(2)16(20)24-14-9-18(5)6-7-19(22,25-18)11(3)8-13-15(14)12(4)17(21)23-13/h10-11,13-15,22H,4,6-9H2,1-3,5H3/t11?,13?,14?,15?,18-,19+/m1/s1. The van der Waals surface area contributed by atoms with Crippen molar-refractivity contribution in [3.8, 4) is 0 Å². The fraction of sp³-hybridized carbons (Fsp3) is 0.789. The lowest BCUT2D eigenvalue weighted by atomic mass is 9.78. The number of ether oxygens (including phenoxy) is 3. The number of esters is 2. The van der Waals surface area contributed by atoms with Crippen LogP contribution in [0.3, 0.4) is 0 Å². The van der Waals surface area contributed by atoms with Gasteiger partial charge < -0.3 is 19.3 Å². The van der Waals surface area contributed by atoms with Crippen LogP contribution in [-0.2, 0) is 23.8 Å². The van der Waals surface area contributed by atoms with Crippen molar-refractivity contribution in [3.05, 3.63) is 12.2 Å². The molecule has 3 rings (SSSR count). The van der Waals surface area contributed by atoms with Gasteiger partial charge in [0.1, 0.15) is 12.2 Å². The molecule has 4 unspecified atom stereocenters. The summed E-state index contributed by atoms with van der Waals surface area (Å²) in [6.45, 7) is 11.3. The predicted octanol–water partition coefficient (Wildman–Crippen LogP) is 2.34. The van der Waals surface area contributed by atoms with Crippen LogP contribution in [0, 0.1) is 17.8 Å². The molecule has 0 spiro atoms. The minimum atomic E-state index is -1.24. The van der Waals surface area contributed by atoms with Crippen LogP contribution in [-0.4, -0.2) is 40.6 Å². The third-order valence-corrected chi connectivity index (χ3v) is 5.89. The van der Waals surface area contributed by atoms with Crippen molar-refractivity contribution >= 4 is 11.9 Å². The van der Waals surface area contributed by atoms with E-state index in [1.165, 1.54) is 0 Å². The smallest absolute Gasteiger partial charge is 0.334 e. The number of fused-ring (bicyclic) bond motifs is 3. The van der Waals surface area contributed by atoms with Crippen molar-refractivity contribution in [2.45, 2.75) is 77.0 Å². The molecule has 0 amide bonds. The topological polar surface area (TPSA) is 82.1 Å². The first-order chi connectivity index (χ1) is 11.5. The monoisotopic (exact) mass is 352 g/mol. The highest BCUT2D eigenvalue weighted by Crippen LogP contribution is 2.49. The van der Waals surface area contributed by atoms with Crippen LogP contribution in [0.1, 0.15) is 53.4 Å². The van der Waals surface area contributed by atoms with Crippen LogP contribution >= 0.6 is 0 Å². The SMILES string of the molecule is C=C1C(=O)OC2CC(C)[C@]3(O)CC[C@](C)(CC(OC(=O)C(C)C)C12)O3. The van der Waals surface area contributed by atoms with E-state index in [2.05, 4.69) is 6.58 Å². The molecule has 0 aromatic rings. The van der Waals surface area contributed by atoms with Crippen molar-refractivity contribution in [1.29, 1.82) is 0 Å². The molecule has 3 aliphatic heterocycles. The summed E-state index contributed by atoms with van der Waals surface area (Å²) < 4.78 is 17.3. The zero-order chi connectivity index (χ0) is 18.6. The van der Waals surface area contributed by atoms with E-state index < -0.39 is 35.5 Å². The van der Waals surface area contributed by atoms with Crippen LogP contribution in [0.5, 0.6) is 0 Å². The molecule has 3 fully saturated rings. The van der Waals surface area contributed by atoms with Gasteiger partial charge in [-0.1, -0.05) is 27.4 Å². The van der Waals surface area contributed by atoms with Crippen LogP contribution < -0.4 is 0 Å². The Bertz CT molecular complexity index is 599. The van der Waals surface area contributed by atoms with Gasteiger partial charge in [0, 0.05) is 24.3 Å². The summed E-state index contributed by atoms with van der Waals surface area (Å²) >= 11 is 0. The fourth-order valence-electron chi connectivity index (χ4n) is 4.25. The van der Waals surface area contributed by atoms with Gasteiger partial charge in [-0.2, -0.15) is 0 Å². The summed E-state index contributed by atoms with van der Waals surface area (Å²) in [5.41, 5.74) is -0.279. The van der Waals surface area contributed by atoms with Crippen molar-refractivity contribution in [2.24, 2.45) is 17.8 Å². The number of carbonyl (C=O) groups excluding carboxylic acids is 2. The molecule has 3 aliphatic rings. The Kier molecular flexibility index (Phi) is 4.48. The van der Waals surface area contributed by atoms with Crippen LogP contribution in [0.15, 0.2) is 12.2 Å². The summed E-state index contributed by atoms with van der Waals surface area (Å²) in [5, 5.41) is 10.9. The van der Waals surface area contributed by atoms with Gasteiger partial charge in [-0.05, 0) is 19.8 Å². The molecule has 6 nitrogen and oxygen atoms in total. The zero-order valence-corrected chi connectivity index (χ0v) is 15.4. The van der Waals surface area contributed by atoms with Crippen molar-refractivity contribution in [1.82, 2.24) is 0 Å². The number of rotatable bonds is 2. The molecule has 6 heteroatoms. The van der Waals surface area contributed by atoms with Gasteiger partial charge in [0.15, 0.2) is 5.79 Å². The largest absolute Gasteiger partial charge is 0.461 e. The Morgan fingerprint density at radius 3 is 2.72 bits per heavy atom. The third-order valence-electron chi connectivity index (χ3n) is 5.89. The van der Waals surface area contributed by atoms with E-state index in [9.17, 15) is 14.7 Å². The number of carbonyl (C=O) groups is 2. The minimum Gasteiger partial charge on any atom is -0.461 e. The predicted molar refractivity (Wildman–Crippen MR) is 89.3 cm³/mol. The second kappa shape index (κ2) is 6.09. The second-order valence-electron chi connectivity index (χ2n) is 8.36. The first-order valence-corrected chi connectivity index (χ1v) is 9.07. The van der Waals surface area contributed by atoms with Gasteiger partial charge in [-0.15, -0.1) is 0 Å². The van der Waals surface area contributed by atoms with E-state index >= 15 is 0 Å². The summed E-state index contributed by atoms with van der Waals surface area (Å²) in [7, 11) is 0. The molecular weight excluding hydrogens is 324 g/mol. The highest BCUT2D eigenvalue weighted by molar-refractivity contribution is 5.91. The Balaban J connectivity index is 1.97. The maximum absolute atomic E-state index is 12.2. The van der Waals surface area contributed by atoms with Gasteiger partial charge >= 0.3 is 11.9 Å². The van der Waals surface area contributed by atoms with Crippen molar-refractivity contribution < 1.29 is 28.9 Å². The van der Waals surface area contributed by atoms with Gasteiger partial charge in [0.25, 0.3) is 0 Å². The summed E-state index contributed by atoms with van der Waals surface area (Å²) in [6.07, 6.45) is 1.01. The second-order valence-corrected chi connectivity index (χ2v) is 8.36. The Morgan fingerprint density at radius 1 is 1.40 bits per heavy atom. The van der Waals surface area contributed by atoms with Crippen molar-refractivity contribution in [2.75, 3.05) is 0 Å². The first-order valence-electron chi connectivity index (χ1n) is 9.07. The molecule has 0 aliphatic carbocycles. The lowest BCUT2D eigenvalue weighted by Crippen LogP contribution is -2.40. The third kappa shape index (κ3) is 3.22. The molecule has 0 saturated carbocycles. The molecular formula is C19H28O6. The highest BCUT2D eigenvalue weighted by Gasteiger charge is 2.56. The fourth-order valence-corrected chi connectivity index (χ4v) is 4.25. The minimum absolute atomic E-state index is 0.208. The number of hydrogen-bond donors (Lipinski definition) is 1. The van der Waals surface area contributed by atoms with E-state index in [1.807, 2.05) is 13.8 Å². The van der Waals surface area contributed by atoms with E-state index in [4.69, 9.17) is 14.2 Å². The molecule has 2 bridgehead atoms. The molecule has 140 valence electrons. The first kappa shape index (κ1) is 18.4. The average molecular weight is 352 g/mol. The molecule has 0 aromatic carbocycles. The quantitative estimate of drug-likeness (QED) is 0.607. The number of hydrogen-bond acceptors (Lipinski definition) is 6. The Hall–Kier alpha value is -1.40. The highest BCUT2D eigenvalue weighted by atomic mass is 16.6. The Morgan fingerprint density at radius 2 is 2.08 bits per heavy atom. The van der Waals surface area contributed by atoms with E-state index in [-0.39, 0.29) is 17.8 Å². The molecule has 3 saturated heterocycles. The van der Waals surface area contributed by atoms with Crippen LogP contribution in [0.25, 0.3) is 0 Å². The molecule has 3 heterocycles. The van der Waals surface area contributed by atoms with Crippen molar-refractivity contribution in [3.63, 3.8) is 0 Å². The van der Waals surface area contributed by atoms with Gasteiger partial charge in [0.2, 0.25) is 0 Å². The van der Waals surface area contributed by atoms with Gasteiger partial charge in [0.05, 0.1) is 17.4 Å².